The van der Waals surface area contributed by atoms with Crippen LogP contribution in [0.15, 0.2) is 81.7 Å². The lowest BCUT2D eigenvalue weighted by molar-refractivity contribution is -0.163. The highest BCUT2D eigenvalue weighted by Gasteiger charge is 2.48. The van der Waals surface area contributed by atoms with E-state index in [1.165, 1.54) is 90.2 Å². The van der Waals surface area contributed by atoms with Crippen LogP contribution in [-0.4, -0.2) is 211 Å². The predicted molar refractivity (Wildman–Crippen MR) is 407 cm³/mol. The number of carbonyl (C=O) groups excluding carboxylic acids is 14. The fourth-order valence-corrected chi connectivity index (χ4v) is 15.4. The highest BCUT2D eigenvalue weighted by molar-refractivity contribution is 6.20. The summed E-state index contributed by atoms with van der Waals surface area (Å²) in [6, 6.07) is 1.59. The van der Waals surface area contributed by atoms with Gasteiger partial charge in [-0.05, 0) is 112 Å². The maximum Gasteiger partial charge on any atom is 0.329 e. The number of hydrogen-bond donors (Lipinski definition) is 5. The lowest BCUT2D eigenvalue weighted by atomic mass is 9.83. The molecule has 0 bridgehead atoms. The van der Waals surface area contributed by atoms with Crippen LogP contribution in [-0.2, 0) is 71.7 Å². The highest BCUT2D eigenvalue weighted by Crippen LogP contribution is 2.39. The van der Waals surface area contributed by atoms with Crippen LogP contribution in [0.5, 0.6) is 5.75 Å². The lowest BCUT2D eigenvalue weighted by Crippen LogP contribution is -2.59. The second-order valence-corrected chi connectivity index (χ2v) is 30.8. The number of methoxy groups -OCH3 is 2. The molecule has 0 aromatic heterocycles. The molecule has 9 rings (SSSR count). The third-order valence-corrected chi connectivity index (χ3v) is 21.7. The molecule has 3 heterocycles. The number of allylic oxidation sites excluding steroid dienone is 4. The van der Waals surface area contributed by atoms with Gasteiger partial charge in [-0.15, -0.1) is 6.58 Å². The Labute approximate surface area is 645 Å². The molecule has 4 aliphatic carbocycles. The molecule has 111 heavy (non-hydrogen) atoms. The molecule has 4 fully saturated rings. The van der Waals surface area contributed by atoms with Crippen molar-refractivity contribution in [1.82, 2.24) is 45.9 Å². The zero-order chi connectivity index (χ0) is 82.4. The van der Waals surface area contributed by atoms with Gasteiger partial charge in [0.15, 0.2) is 34.5 Å². The van der Waals surface area contributed by atoms with E-state index in [1.54, 1.807) is 87.6 Å². The van der Waals surface area contributed by atoms with E-state index in [4.69, 9.17) is 34.1 Å². The molecule has 0 spiro atoms. The third kappa shape index (κ3) is 18.3. The molecule has 8 amide bonds. The molecule has 30 heteroatoms. The van der Waals surface area contributed by atoms with E-state index in [1.807, 2.05) is 12.1 Å². The Hall–Kier alpha value is -10.9. The van der Waals surface area contributed by atoms with Crippen LogP contribution in [0.4, 0.5) is 5.69 Å². The van der Waals surface area contributed by atoms with Crippen molar-refractivity contribution in [2.45, 2.75) is 176 Å². The number of esters is 2. The third-order valence-electron chi connectivity index (χ3n) is 21.7. The Morgan fingerprint density at radius 2 is 1.07 bits per heavy atom. The number of fused-ring (bicyclic) bond motifs is 4. The molecule has 13 atom stereocenters. The summed E-state index contributed by atoms with van der Waals surface area (Å²) in [7, 11) is 8.62. The summed E-state index contributed by atoms with van der Waals surface area (Å²) in [5.41, 5.74) is 4.93. The van der Waals surface area contributed by atoms with Crippen LogP contribution >= 0.6 is 0 Å². The number of amides is 8. The van der Waals surface area contributed by atoms with Crippen LogP contribution in [0.2, 0.25) is 0 Å². The van der Waals surface area contributed by atoms with Gasteiger partial charge in [-0.2, -0.15) is 0 Å². The zero-order valence-corrected chi connectivity index (χ0v) is 66.4. The molecule has 7 aliphatic rings. The first-order chi connectivity index (χ1) is 52.2. The molecule has 6 N–H and O–H groups in total. The number of nitrogen functional groups attached to an aromatic ring is 1. The first kappa shape index (κ1) is 85.7. The van der Waals surface area contributed by atoms with E-state index in [-0.39, 0.29) is 56.9 Å². The number of nitrogens with one attached hydrogen (secondary N) is 4. The van der Waals surface area contributed by atoms with Gasteiger partial charge in [0, 0.05) is 75.0 Å². The quantitative estimate of drug-likeness (QED) is 0.0373. The van der Waals surface area contributed by atoms with Crippen molar-refractivity contribution in [3.8, 4) is 17.2 Å². The number of cyclic esters (lactones) is 2. The summed E-state index contributed by atoms with van der Waals surface area (Å²) >= 11 is 0. The van der Waals surface area contributed by atoms with Crippen molar-refractivity contribution in [2.75, 3.05) is 61.2 Å². The van der Waals surface area contributed by atoms with Crippen LogP contribution in [0.3, 0.4) is 0 Å². The van der Waals surface area contributed by atoms with Crippen molar-refractivity contribution in [2.24, 2.45) is 47.3 Å². The minimum absolute atomic E-state index is 0.0568. The minimum atomic E-state index is -1.86. The van der Waals surface area contributed by atoms with Crippen molar-refractivity contribution in [3.63, 3.8) is 0 Å². The number of benzene rings is 3. The summed E-state index contributed by atoms with van der Waals surface area (Å²) in [4.78, 5) is 221. The molecule has 598 valence electrons. The van der Waals surface area contributed by atoms with Crippen molar-refractivity contribution in [1.29, 1.82) is 0 Å². The molecule has 2 aromatic rings. The Balaban J connectivity index is 0.000000631. The Kier molecular flexibility index (Phi) is 27.6. The Morgan fingerprint density at radius 1 is 0.613 bits per heavy atom. The summed E-state index contributed by atoms with van der Waals surface area (Å²) in [5.74, 6) is -15.0. The van der Waals surface area contributed by atoms with Crippen LogP contribution in [0.25, 0.3) is 22.6 Å². The molecule has 3 aliphatic heterocycles. The fraction of sp³-hybridized carbons (Fsp3) is 0.531. The zero-order valence-electron chi connectivity index (χ0n) is 66.4. The summed E-state index contributed by atoms with van der Waals surface area (Å²) < 4.78 is 28.3. The van der Waals surface area contributed by atoms with Crippen LogP contribution in [0, 0.1) is 61.2 Å². The summed E-state index contributed by atoms with van der Waals surface area (Å²) in [5, 5.41) is 10.8. The highest BCUT2D eigenvalue weighted by atomic mass is 16.6. The molecule has 30 nitrogen and oxygen atoms in total. The van der Waals surface area contributed by atoms with Gasteiger partial charge in [0.05, 0.1) is 56.2 Å². The average molecular weight is 1540 g/mol. The number of hydrogen-bond acceptors (Lipinski definition) is 22. The van der Waals surface area contributed by atoms with Gasteiger partial charge in [0.2, 0.25) is 46.7 Å². The van der Waals surface area contributed by atoms with Gasteiger partial charge in [-0.3, -0.25) is 62.3 Å². The first-order valence-corrected chi connectivity index (χ1v) is 37.4. The summed E-state index contributed by atoms with van der Waals surface area (Å²) in [6.45, 7) is 22.0. The normalized spacial score (nSPS) is 25.6. The number of ether oxygens (including phenoxy) is 4. The van der Waals surface area contributed by atoms with E-state index >= 15 is 9.59 Å². The number of aryl methyl sites for hydroxylation is 1. The van der Waals surface area contributed by atoms with Crippen molar-refractivity contribution in [3.05, 3.63) is 111 Å². The van der Waals surface area contributed by atoms with E-state index in [0.29, 0.717) is 49.7 Å². The van der Waals surface area contributed by atoms with Crippen molar-refractivity contribution < 1.29 is 90.5 Å². The number of ketones is 4. The number of likely N-dealkylation sites (N-methyl/N-ethyl adjacent to an activating group) is 4. The predicted octanol–water partition coefficient (Wildman–Crippen LogP) is 5.29. The largest absolute Gasteiger partial charge is 0.497 e. The second kappa shape index (κ2) is 35.8. The topological polar surface area (TPSA) is 406 Å². The van der Waals surface area contributed by atoms with E-state index in [9.17, 15) is 62.3 Å². The number of Topliss-reactive ketones (excluding diaryl/α,β-unsaturated/α-hetero) is 2. The van der Waals surface area contributed by atoms with E-state index in [0.717, 1.165) is 21.1 Å². The molecular weight excluding hydrogens is 1430 g/mol. The Bertz CT molecular complexity index is 4460. The number of nitrogens with two attached hydrogens (primary N) is 1. The van der Waals surface area contributed by atoms with Gasteiger partial charge in [0.1, 0.15) is 53.3 Å². The van der Waals surface area contributed by atoms with Gasteiger partial charge in [-0.1, -0.05) is 92.5 Å². The monoisotopic (exact) mass is 1540 g/mol. The van der Waals surface area contributed by atoms with Gasteiger partial charge in [0.25, 0.3) is 11.8 Å². The molecule has 2 aromatic carbocycles. The molecule has 0 radical (unpaired) electrons. The summed E-state index contributed by atoms with van der Waals surface area (Å²) in [6.07, 6.45) is 3.53. The van der Waals surface area contributed by atoms with E-state index in [2.05, 4.69) is 27.8 Å². The van der Waals surface area contributed by atoms with Gasteiger partial charge < -0.3 is 70.0 Å². The van der Waals surface area contributed by atoms with Gasteiger partial charge in [-0.25, -0.2) is 14.6 Å². The number of carbonyl (C=O) groups is 14. The number of aromatic nitrogens is 1. The lowest BCUT2D eigenvalue weighted by Gasteiger charge is -2.35. The van der Waals surface area contributed by atoms with Crippen LogP contribution < -0.4 is 37.2 Å². The SMILES string of the molecule is C=CC(C1=CC(=O)C(OC)=CC1=O)c1ccc(OC)cc1.Cc1c2oc3c(C)ccc(C(=O)NC4C(=O)NC(C(C)C)C(=O)C5CCCC5C(=O)N(C)CC(=O)N(C)C(C(C)C)C(=O)OC4C)c3nc-2c(C(=O)NC2C(=O)NC(C(C)C)C(=O)C3CCCC3C(=O)N(C)CC(=O)N(C)C(C(C)C)C(=O)OC2C)c(N)c1=O. The van der Waals surface area contributed by atoms with Crippen LogP contribution in [0.1, 0.15) is 151 Å². The molecule has 2 saturated heterocycles. The maximum atomic E-state index is 15.2. The molecule has 2 saturated carbocycles. The smallest absolute Gasteiger partial charge is 0.329 e. The number of rotatable bonds is 13. The van der Waals surface area contributed by atoms with E-state index < -0.39 is 196 Å². The molecule has 13 unspecified atom stereocenters. The standard InChI is InChI=1S/C64H88N10O16.C17H16O4/c1-27(2)44-53(78)35-19-17-21-37(35)61(84)71(13)25-40(75)73(15)50(29(5)6)63(86)88-33(11)46(59(82)67-44)69-57(80)39-24-23-31(9)55-48(39)66-49-42(43(65)52(77)32(10)56(49)90-55)58(81)70-47-34(12)89-64(87)51(30(7)8)74(16)41(76)26-72(14)62(85)38-22-18-20-36(38)54(79)45(28(3)4)68-60(47)83;1-4-13(11-5-7-12(20-2)8-6-11)14-9-16(19)17(21-3)10-15(14)18/h23-24,27-30,33-38,44-47,50-51H,17-22,25-26,65H2,1-16H3,(H,67,82)(H,68,83)(H,69,80)(H,70,81);4-10,13H,1H2,2-3H3. The second-order valence-electron chi connectivity index (χ2n) is 30.8. The molecular formula is C81H104N10O20. The number of nitrogens with zero attached hydrogens (tertiary/aromatic N) is 5. The minimum Gasteiger partial charge on any atom is -0.497 e. The Morgan fingerprint density at radius 3 is 1.50 bits per heavy atom. The van der Waals surface area contributed by atoms with Gasteiger partial charge >= 0.3 is 11.9 Å². The first-order valence-electron chi connectivity index (χ1n) is 37.4. The average Bonchev–Trinajstić information content (AvgIpc) is 1.22. The number of anilines is 1. The maximum absolute atomic E-state index is 15.2. The fourth-order valence-electron chi connectivity index (χ4n) is 15.4. The van der Waals surface area contributed by atoms with Crippen molar-refractivity contribution >= 4 is 99.1 Å².